The normalized spacial score (nSPS) is 16.2. The summed E-state index contributed by atoms with van der Waals surface area (Å²) in [5.41, 5.74) is 2.90. The Bertz CT molecular complexity index is 938. The van der Waals surface area contributed by atoms with E-state index in [-0.39, 0.29) is 18.2 Å². The van der Waals surface area contributed by atoms with Crippen LogP contribution in [-0.2, 0) is 4.74 Å². The van der Waals surface area contributed by atoms with Gasteiger partial charge in [0.15, 0.2) is 11.6 Å². The third kappa shape index (κ3) is 4.09. The Morgan fingerprint density at radius 1 is 0.867 bits per heavy atom. The predicted molar refractivity (Wildman–Crippen MR) is 116 cm³/mol. The first-order valence-electron chi connectivity index (χ1n) is 10.4. The van der Waals surface area contributed by atoms with E-state index in [9.17, 15) is 14.7 Å². The minimum Gasteiger partial charge on any atom is -0.395 e. The quantitative estimate of drug-likeness (QED) is 0.490. The van der Waals surface area contributed by atoms with Gasteiger partial charge in [0, 0.05) is 48.7 Å². The molecule has 1 fully saturated rings. The number of rotatable bonds is 8. The molecule has 1 saturated heterocycles. The lowest BCUT2D eigenvalue weighted by atomic mass is 9.82. The minimum atomic E-state index is -0.169. The molecule has 1 aliphatic carbocycles. The van der Waals surface area contributed by atoms with E-state index in [2.05, 4.69) is 15.5 Å². The zero-order chi connectivity index (χ0) is 20.9. The second-order valence-corrected chi connectivity index (χ2v) is 7.50. The number of morpholine rings is 1. The van der Waals surface area contributed by atoms with Crippen LogP contribution in [0.1, 0.15) is 38.3 Å². The summed E-state index contributed by atoms with van der Waals surface area (Å²) in [6.07, 6.45) is 0.929. The molecule has 0 radical (unpaired) electrons. The maximum Gasteiger partial charge on any atom is 0.196 e. The topological polar surface area (TPSA) is 90.9 Å². The van der Waals surface area contributed by atoms with Crippen molar-refractivity contribution in [2.24, 2.45) is 0 Å². The summed E-state index contributed by atoms with van der Waals surface area (Å²) < 4.78 is 5.38. The van der Waals surface area contributed by atoms with Crippen LogP contribution in [0.25, 0.3) is 0 Å². The van der Waals surface area contributed by atoms with E-state index in [1.807, 2.05) is 6.07 Å². The number of hydrogen-bond acceptors (Lipinski definition) is 7. The van der Waals surface area contributed by atoms with E-state index in [4.69, 9.17) is 4.74 Å². The van der Waals surface area contributed by atoms with E-state index < -0.39 is 0 Å². The summed E-state index contributed by atoms with van der Waals surface area (Å²) in [7, 11) is 0. The molecular formula is C23H27N3O4. The van der Waals surface area contributed by atoms with Gasteiger partial charge in [-0.2, -0.15) is 0 Å². The second-order valence-electron chi connectivity index (χ2n) is 7.50. The van der Waals surface area contributed by atoms with Crippen molar-refractivity contribution in [3.63, 3.8) is 0 Å². The molecule has 4 rings (SSSR count). The summed E-state index contributed by atoms with van der Waals surface area (Å²) in [6, 6.07) is 10.6. The summed E-state index contributed by atoms with van der Waals surface area (Å²) >= 11 is 0. The number of fused-ring (bicyclic) bond motifs is 2. The lowest BCUT2D eigenvalue weighted by Crippen LogP contribution is -2.37. The van der Waals surface area contributed by atoms with Crippen LogP contribution in [-0.4, -0.2) is 74.1 Å². The number of aliphatic hydroxyl groups is 1. The Labute approximate surface area is 176 Å². The van der Waals surface area contributed by atoms with E-state index >= 15 is 0 Å². The highest BCUT2D eigenvalue weighted by atomic mass is 16.5. The van der Waals surface area contributed by atoms with Gasteiger partial charge in [0.05, 0.1) is 30.9 Å². The molecule has 30 heavy (non-hydrogen) atoms. The molecular weight excluding hydrogens is 382 g/mol. The molecule has 0 spiro atoms. The van der Waals surface area contributed by atoms with Crippen molar-refractivity contribution in [1.82, 2.24) is 4.90 Å². The number of ether oxygens (including phenoxy) is 1. The van der Waals surface area contributed by atoms with Crippen LogP contribution in [0.3, 0.4) is 0 Å². The number of anilines is 2. The van der Waals surface area contributed by atoms with Crippen LogP contribution in [0, 0.1) is 0 Å². The predicted octanol–water partition coefficient (Wildman–Crippen LogP) is 2.00. The van der Waals surface area contributed by atoms with Crippen molar-refractivity contribution in [2.75, 3.05) is 63.2 Å². The third-order valence-electron chi connectivity index (χ3n) is 5.57. The van der Waals surface area contributed by atoms with Crippen molar-refractivity contribution in [1.29, 1.82) is 0 Å². The molecule has 0 saturated carbocycles. The van der Waals surface area contributed by atoms with Crippen molar-refractivity contribution >= 4 is 22.9 Å². The lowest BCUT2D eigenvalue weighted by molar-refractivity contribution is 0.0378. The molecule has 1 heterocycles. The summed E-state index contributed by atoms with van der Waals surface area (Å²) in [5, 5.41) is 15.6. The van der Waals surface area contributed by atoms with Gasteiger partial charge in [-0.05, 0) is 25.1 Å². The van der Waals surface area contributed by atoms with Gasteiger partial charge in [-0.25, -0.2) is 0 Å². The summed E-state index contributed by atoms with van der Waals surface area (Å²) in [4.78, 5) is 28.9. The van der Waals surface area contributed by atoms with Gasteiger partial charge in [-0.3, -0.25) is 14.5 Å². The molecule has 2 aromatic carbocycles. The largest absolute Gasteiger partial charge is 0.395 e. The Kier molecular flexibility index (Phi) is 6.42. The molecule has 1 aliphatic heterocycles. The summed E-state index contributed by atoms with van der Waals surface area (Å²) in [5.74, 6) is -0.318. The zero-order valence-corrected chi connectivity index (χ0v) is 16.9. The Balaban J connectivity index is 1.57. The zero-order valence-electron chi connectivity index (χ0n) is 16.9. The molecule has 0 bridgehead atoms. The van der Waals surface area contributed by atoms with Crippen LogP contribution in [0.15, 0.2) is 36.4 Å². The second kappa shape index (κ2) is 9.38. The number of hydrogen-bond donors (Lipinski definition) is 3. The van der Waals surface area contributed by atoms with Gasteiger partial charge in [0.1, 0.15) is 0 Å². The van der Waals surface area contributed by atoms with Crippen molar-refractivity contribution in [3.8, 4) is 0 Å². The standard InChI is InChI=1S/C23H27N3O4/c27-13-9-25-19-7-6-18(24-8-3-10-26-11-14-30-15-12-26)20-21(19)23(29)17-5-2-1-4-16(17)22(20)28/h1-2,4-7,24-25,27H,3,8-15H2. The molecule has 7 nitrogen and oxygen atoms in total. The number of nitrogens with one attached hydrogen (secondary N) is 2. The van der Waals surface area contributed by atoms with Crippen LogP contribution >= 0.6 is 0 Å². The fraction of sp³-hybridized carbons (Fsp3) is 0.391. The van der Waals surface area contributed by atoms with Crippen molar-refractivity contribution in [2.45, 2.75) is 6.42 Å². The number of carbonyl (C=O) groups excluding carboxylic acids is 2. The van der Waals surface area contributed by atoms with Gasteiger partial charge in [0.25, 0.3) is 0 Å². The number of nitrogens with zero attached hydrogens (tertiary/aromatic N) is 1. The molecule has 7 heteroatoms. The maximum absolute atomic E-state index is 13.3. The Hall–Kier alpha value is -2.74. The monoisotopic (exact) mass is 409 g/mol. The van der Waals surface area contributed by atoms with Crippen molar-refractivity contribution < 1.29 is 19.4 Å². The molecule has 2 aliphatic rings. The molecule has 2 aromatic rings. The first-order valence-corrected chi connectivity index (χ1v) is 10.4. The Morgan fingerprint density at radius 2 is 1.43 bits per heavy atom. The first kappa shape index (κ1) is 20.5. The van der Waals surface area contributed by atoms with Gasteiger partial charge >= 0.3 is 0 Å². The fourth-order valence-electron chi connectivity index (χ4n) is 4.06. The molecule has 0 amide bonds. The van der Waals surface area contributed by atoms with Crippen molar-refractivity contribution in [3.05, 3.63) is 58.7 Å². The lowest BCUT2D eigenvalue weighted by Gasteiger charge is -2.27. The number of aliphatic hydroxyl groups excluding tert-OH is 1. The van der Waals surface area contributed by atoms with E-state index in [1.54, 1.807) is 30.3 Å². The Morgan fingerprint density at radius 3 is 2.00 bits per heavy atom. The molecule has 0 unspecified atom stereocenters. The van der Waals surface area contributed by atoms with E-state index in [0.29, 0.717) is 46.7 Å². The highest BCUT2D eigenvalue weighted by Crippen LogP contribution is 2.36. The SMILES string of the molecule is O=C1c2ccccc2C(=O)c2c(NCCCN3CCOCC3)ccc(NCCO)c21. The van der Waals surface area contributed by atoms with E-state index in [0.717, 1.165) is 39.3 Å². The number of carbonyl (C=O) groups is 2. The van der Waals surface area contributed by atoms with Gasteiger partial charge < -0.3 is 20.5 Å². The minimum absolute atomic E-state index is 0.0605. The van der Waals surface area contributed by atoms with Crippen LogP contribution in [0.5, 0.6) is 0 Å². The van der Waals surface area contributed by atoms with Crippen LogP contribution < -0.4 is 10.6 Å². The van der Waals surface area contributed by atoms with Crippen LogP contribution in [0.2, 0.25) is 0 Å². The average Bonchev–Trinajstić information content (AvgIpc) is 2.79. The van der Waals surface area contributed by atoms with E-state index in [1.165, 1.54) is 0 Å². The molecule has 0 aromatic heterocycles. The number of ketones is 2. The smallest absolute Gasteiger partial charge is 0.196 e. The van der Waals surface area contributed by atoms with Gasteiger partial charge in [-0.15, -0.1) is 0 Å². The molecule has 3 N–H and O–H groups in total. The first-order chi connectivity index (χ1) is 14.7. The van der Waals surface area contributed by atoms with Crippen LogP contribution in [0.4, 0.5) is 11.4 Å². The highest BCUT2D eigenvalue weighted by Gasteiger charge is 2.33. The van der Waals surface area contributed by atoms with Gasteiger partial charge in [0.2, 0.25) is 0 Å². The fourth-order valence-corrected chi connectivity index (χ4v) is 4.06. The summed E-state index contributed by atoms with van der Waals surface area (Å²) in [6.45, 7) is 5.37. The van der Waals surface area contributed by atoms with Gasteiger partial charge in [-0.1, -0.05) is 24.3 Å². The molecule has 158 valence electrons. The highest BCUT2D eigenvalue weighted by molar-refractivity contribution is 6.31. The maximum atomic E-state index is 13.3. The molecule has 0 atom stereocenters. The average molecular weight is 409 g/mol. The number of benzene rings is 2. The third-order valence-corrected chi connectivity index (χ3v) is 5.57.